The summed E-state index contributed by atoms with van der Waals surface area (Å²) < 4.78 is 32.7. The van der Waals surface area contributed by atoms with E-state index in [0.717, 1.165) is 35.8 Å². The van der Waals surface area contributed by atoms with Crippen molar-refractivity contribution in [3.05, 3.63) is 53.2 Å². The molecular formula is C18H18F2N2O3. The Kier molecular flexibility index (Phi) is 4.57. The molecule has 1 aliphatic rings. The molecule has 0 amide bonds. The van der Waals surface area contributed by atoms with Crippen LogP contribution in [0.25, 0.3) is 0 Å². The first kappa shape index (κ1) is 17.1. The van der Waals surface area contributed by atoms with Crippen molar-refractivity contribution in [1.82, 2.24) is 4.98 Å². The molecule has 5 nitrogen and oxygen atoms in total. The third-order valence-electron chi connectivity index (χ3n) is 4.30. The van der Waals surface area contributed by atoms with E-state index >= 15 is 0 Å². The zero-order chi connectivity index (χ0) is 18.0. The zero-order valence-corrected chi connectivity index (χ0v) is 13.7. The average molecular weight is 348 g/mol. The number of aromatic nitrogens is 1. The summed E-state index contributed by atoms with van der Waals surface area (Å²) >= 11 is 0. The van der Waals surface area contributed by atoms with Crippen molar-refractivity contribution in [3.8, 4) is 5.75 Å². The number of carboxylic acid groups (broad SMARTS) is 1. The zero-order valence-electron chi connectivity index (χ0n) is 13.7. The van der Waals surface area contributed by atoms with Gasteiger partial charge in [-0.2, -0.15) is 8.78 Å². The maximum atomic E-state index is 13.7. The molecule has 132 valence electrons. The van der Waals surface area contributed by atoms with Gasteiger partial charge < -0.3 is 14.7 Å². The number of carbonyl (C=O) groups is 1. The van der Waals surface area contributed by atoms with Crippen LogP contribution in [0.2, 0.25) is 0 Å². The SMILES string of the molecule is COc1ccc2c(c1)CCCN(c1cccc(C(F)(F)C(=O)O)n1)C2. The van der Waals surface area contributed by atoms with Gasteiger partial charge in [0.2, 0.25) is 0 Å². The van der Waals surface area contributed by atoms with E-state index in [2.05, 4.69) is 4.98 Å². The van der Waals surface area contributed by atoms with Crippen LogP contribution in [-0.4, -0.2) is 29.7 Å². The number of aliphatic carboxylic acids is 1. The van der Waals surface area contributed by atoms with E-state index in [1.165, 1.54) is 6.07 Å². The maximum Gasteiger partial charge on any atom is 0.384 e. The van der Waals surface area contributed by atoms with Crippen LogP contribution in [0.4, 0.5) is 14.6 Å². The lowest BCUT2D eigenvalue weighted by Gasteiger charge is -2.23. The average Bonchev–Trinajstić information content (AvgIpc) is 2.83. The van der Waals surface area contributed by atoms with Gasteiger partial charge in [-0.25, -0.2) is 9.78 Å². The summed E-state index contributed by atoms with van der Waals surface area (Å²) in [6.07, 6.45) is 1.69. The van der Waals surface area contributed by atoms with E-state index in [0.29, 0.717) is 18.9 Å². The second-order valence-electron chi connectivity index (χ2n) is 5.92. The van der Waals surface area contributed by atoms with E-state index < -0.39 is 17.6 Å². The maximum absolute atomic E-state index is 13.7. The summed E-state index contributed by atoms with van der Waals surface area (Å²) in [5, 5.41) is 8.71. The number of carboxylic acids is 1. The van der Waals surface area contributed by atoms with Gasteiger partial charge in [0.15, 0.2) is 0 Å². The minimum Gasteiger partial charge on any atom is -0.497 e. The molecule has 0 spiro atoms. The fourth-order valence-electron chi connectivity index (χ4n) is 2.94. The summed E-state index contributed by atoms with van der Waals surface area (Å²) in [5.74, 6) is -5.08. The highest BCUT2D eigenvalue weighted by molar-refractivity contribution is 5.76. The molecule has 1 aliphatic heterocycles. The van der Waals surface area contributed by atoms with E-state index in [4.69, 9.17) is 9.84 Å². The van der Waals surface area contributed by atoms with Gasteiger partial charge in [0.05, 0.1) is 7.11 Å². The molecule has 1 aromatic carbocycles. The topological polar surface area (TPSA) is 62.7 Å². The van der Waals surface area contributed by atoms with E-state index in [1.54, 1.807) is 13.2 Å². The van der Waals surface area contributed by atoms with Gasteiger partial charge in [-0.05, 0) is 48.2 Å². The van der Waals surface area contributed by atoms with Crippen LogP contribution in [0.3, 0.4) is 0 Å². The molecule has 0 fully saturated rings. The predicted molar refractivity (Wildman–Crippen MR) is 88.1 cm³/mol. The molecule has 25 heavy (non-hydrogen) atoms. The lowest BCUT2D eigenvalue weighted by molar-refractivity contribution is -0.166. The number of hydrogen-bond acceptors (Lipinski definition) is 4. The Morgan fingerprint density at radius 3 is 2.80 bits per heavy atom. The number of ether oxygens (including phenoxy) is 1. The quantitative estimate of drug-likeness (QED) is 0.919. The van der Waals surface area contributed by atoms with Gasteiger partial charge in [-0.3, -0.25) is 0 Å². The molecule has 1 aromatic heterocycles. The van der Waals surface area contributed by atoms with Gasteiger partial charge in [-0.1, -0.05) is 12.1 Å². The van der Waals surface area contributed by atoms with Gasteiger partial charge in [0.1, 0.15) is 17.3 Å². The molecule has 1 N–H and O–H groups in total. The van der Waals surface area contributed by atoms with E-state index in [1.807, 2.05) is 23.1 Å². The van der Waals surface area contributed by atoms with Crippen molar-refractivity contribution in [2.24, 2.45) is 0 Å². The number of halogens is 2. The Balaban J connectivity index is 1.90. The van der Waals surface area contributed by atoms with Crippen LogP contribution in [0.5, 0.6) is 5.75 Å². The number of nitrogens with zero attached hydrogens (tertiary/aromatic N) is 2. The van der Waals surface area contributed by atoms with Gasteiger partial charge in [0.25, 0.3) is 0 Å². The molecule has 3 rings (SSSR count). The predicted octanol–water partition coefficient (Wildman–Crippen LogP) is 3.22. The van der Waals surface area contributed by atoms with Gasteiger partial charge in [0, 0.05) is 13.1 Å². The Bertz CT molecular complexity index is 796. The van der Waals surface area contributed by atoms with Crippen molar-refractivity contribution >= 4 is 11.8 Å². The number of methoxy groups -OCH3 is 1. The van der Waals surface area contributed by atoms with Crippen LogP contribution in [0, 0.1) is 0 Å². The van der Waals surface area contributed by atoms with Gasteiger partial charge >= 0.3 is 11.9 Å². The van der Waals surface area contributed by atoms with Crippen LogP contribution < -0.4 is 9.64 Å². The highest BCUT2D eigenvalue weighted by Crippen LogP contribution is 2.30. The molecule has 0 unspecified atom stereocenters. The molecular weight excluding hydrogens is 330 g/mol. The largest absolute Gasteiger partial charge is 0.497 e. The summed E-state index contributed by atoms with van der Waals surface area (Å²) in [7, 11) is 1.61. The summed E-state index contributed by atoms with van der Waals surface area (Å²) in [4.78, 5) is 16.6. The highest BCUT2D eigenvalue weighted by Gasteiger charge is 2.43. The smallest absolute Gasteiger partial charge is 0.384 e. The van der Waals surface area contributed by atoms with Crippen molar-refractivity contribution in [1.29, 1.82) is 0 Å². The van der Waals surface area contributed by atoms with Crippen LogP contribution in [0.15, 0.2) is 36.4 Å². The first-order valence-electron chi connectivity index (χ1n) is 7.91. The molecule has 0 atom stereocenters. The summed E-state index contributed by atoms with van der Waals surface area (Å²) in [6.45, 7) is 1.17. The molecule has 0 bridgehead atoms. The lowest BCUT2D eigenvalue weighted by Crippen LogP contribution is -2.29. The van der Waals surface area contributed by atoms with Crippen molar-refractivity contribution in [2.45, 2.75) is 25.3 Å². The Morgan fingerprint density at radius 1 is 1.28 bits per heavy atom. The van der Waals surface area contributed by atoms with Crippen LogP contribution in [-0.2, 0) is 23.7 Å². The Labute approximate surface area is 143 Å². The molecule has 2 heterocycles. The number of fused-ring (bicyclic) bond motifs is 1. The number of benzene rings is 1. The molecule has 0 radical (unpaired) electrons. The van der Waals surface area contributed by atoms with E-state index in [-0.39, 0.29) is 0 Å². The minimum atomic E-state index is -4.01. The van der Waals surface area contributed by atoms with Crippen molar-refractivity contribution in [2.75, 3.05) is 18.6 Å². The Hall–Kier alpha value is -2.70. The Morgan fingerprint density at radius 2 is 2.08 bits per heavy atom. The van der Waals surface area contributed by atoms with Crippen LogP contribution in [0.1, 0.15) is 23.2 Å². The fourth-order valence-corrected chi connectivity index (χ4v) is 2.94. The third kappa shape index (κ3) is 3.40. The first-order chi connectivity index (χ1) is 11.9. The summed E-state index contributed by atoms with van der Waals surface area (Å²) in [5.41, 5.74) is 1.49. The van der Waals surface area contributed by atoms with E-state index in [9.17, 15) is 13.6 Å². The minimum absolute atomic E-state index is 0.349. The molecule has 0 aliphatic carbocycles. The number of hydrogen-bond donors (Lipinski definition) is 1. The number of rotatable bonds is 4. The molecule has 0 saturated carbocycles. The van der Waals surface area contributed by atoms with Gasteiger partial charge in [-0.15, -0.1) is 0 Å². The number of aryl methyl sites for hydroxylation is 1. The monoisotopic (exact) mass is 348 g/mol. The third-order valence-corrected chi connectivity index (χ3v) is 4.30. The standard InChI is InChI=1S/C18H18F2N2O3/c1-25-14-8-7-13-11-22(9-3-4-12(13)10-14)16-6-2-5-15(21-16)18(19,20)17(23)24/h2,5-8,10H,3-4,9,11H2,1H3,(H,23,24). The second-order valence-corrected chi connectivity index (χ2v) is 5.92. The molecule has 7 heteroatoms. The summed E-state index contributed by atoms with van der Waals surface area (Å²) in [6, 6.07) is 9.88. The number of pyridine rings is 1. The highest BCUT2D eigenvalue weighted by atomic mass is 19.3. The first-order valence-corrected chi connectivity index (χ1v) is 7.91. The molecule has 2 aromatic rings. The lowest BCUT2D eigenvalue weighted by atomic mass is 10.0. The van der Waals surface area contributed by atoms with Crippen molar-refractivity contribution < 1.29 is 23.4 Å². The number of alkyl halides is 2. The fraction of sp³-hybridized carbons (Fsp3) is 0.333. The number of anilines is 1. The second kappa shape index (κ2) is 6.66. The van der Waals surface area contributed by atoms with Crippen molar-refractivity contribution in [3.63, 3.8) is 0 Å². The van der Waals surface area contributed by atoms with Crippen LogP contribution >= 0.6 is 0 Å². The molecule has 0 saturated heterocycles. The normalized spacial score (nSPS) is 14.6.